The Morgan fingerprint density at radius 3 is 2.73 bits per heavy atom. The van der Waals surface area contributed by atoms with Crippen LogP contribution in [-0.2, 0) is 14.3 Å². The molecule has 6 heteroatoms. The van der Waals surface area contributed by atoms with Crippen LogP contribution in [-0.4, -0.2) is 42.3 Å². The Morgan fingerprint density at radius 2 is 1.95 bits per heavy atom. The molecule has 0 aliphatic carbocycles. The molecule has 3 atom stereocenters. The van der Waals surface area contributed by atoms with Gasteiger partial charge in [-0.15, -0.1) is 0 Å². The summed E-state index contributed by atoms with van der Waals surface area (Å²) in [6.45, 7) is 1.15. The number of carboxylic acid groups (broad SMARTS) is 1. The summed E-state index contributed by atoms with van der Waals surface area (Å²) in [5.41, 5.74) is 1.10. The fourth-order valence-electron chi connectivity index (χ4n) is 2.98. The number of nitrogens with one attached hydrogen (secondary N) is 1. The summed E-state index contributed by atoms with van der Waals surface area (Å²) in [5.74, 6) is -0.150. The van der Waals surface area contributed by atoms with Crippen molar-refractivity contribution >= 4 is 11.9 Å². The molecule has 2 heterocycles. The van der Waals surface area contributed by atoms with E-state index in [9.17, 15) is 9.59 Å². The van der Waals surface area contributed by atoms with Gasteiger partial charge >= 0.3 is 5.97 Å². The number of benzene rings is 1. The van der Waals surface area contributed by atoms with Crippen LogP contribution in [0.5, 0.6) is 5.75 Å². The third kappa shape index (κ3) is 3.06. The van der Waals surface area contributed by atoms with Gasteiger partial charge in [-0.1, -0.05) is 18.2 Å². The molecule has 0 saturated carbocycles. The third-order valence-corrected chi connectivity index (χ3v) is 4.19. The molecule has 0 bridgehead atoms. The van der Waals surface area contributed by atoms with Crippen LogP contribution in [0.25, 0.3) is 0 Å². The summed E-state index contributed by atoms with van der Waals surface area (Å²) in [6.07, 6.45) is 0.164. The number of carbonyl (C=O) groups is 2. The first-order valence-electron chi connectivity index (χ1n) is 7.53. The predicted molar refractivity (Wildman–Crippen MR) is 77.8 cm³/mol. The first-order valence-corrected chi connectivity index (χ1v) is 7.53. The third-order valence-electron chi connectivity index (χ3n) is 4.19. The van der Waals surface area contributed by atoms with E-state index in [4.69, 9.17) is 14.6 Å². The molecule has 118 valence electrons. The van der Waals surface area contributed by atoms with Crippen molar-refractivity contribution in [3.8, 4) is 5.75 Å². The largest absolute Gasteiger partial charge is 0.493 e. The first kappa shape index (κ1) is 14.8. The summed E-state index contributed by atoms with van der Waals surface area (Å²) in [7, 11) is 0. The number of hydrogen-bond acceptors (Lipinski definition) is 4. The van der Waals surface area contributed by atoms with Crippen LogP contribution < -0.4 is 10.1 Å². The second-order valence-electron chi connectivity index (χ2n) is 5.65. The molecule has 1 saturated heterocycles. The zero-order valence-corrected chi connectivity index (χ0v) is 12.2. The maximum atomic E-state index is 12.1. The van der Waals surface area contributed by atoms with Crippen molar-refractivity contribution in [3.63, 3.8) is 0 Å². The molecule has 0 aromatic heterocycles. The average molecular weight is 305 g/mol. The zero-order chi connectivity index (χ0) is 15.5. The van der Waals surface area contributed by atoms with E-state index in [0.717, 1.165) is 17.7 Å². The van der Waals surface area contributed by atoms with E-state index in [0.29, 0.717) is 26.0 Å². The van der Waals surface area contributed by atoms with Gasteiger partial charge < -0.3 is 19.9 Å². The van der Waals surface area contributed by atoms with Crippen LogP contribution in [0.4, 0.5) is 0 Å². The van der Waals surface area contributed by atoms with Gasteiger partial charge in [0.05, 0.1) is 6.61 Å². The maximum absolute atomic E-state index is 12.1. The highest BCUT2D eigenvalue weighted by Crippen LogP contribution is 2.32. The maximum Gasteiger partial charge on any atom is 0.332 e. The standard InChI is InChI=1S/C16H19NO5/c18-15(13-5-6-14(22-13)16(19)20)17-9-10-7-8-21-12-4-2-1-3-11(10)12/h1-4,10,13-14H,5-9H2,(H,17,18)(H,19,20)/t10?,13-,14+/m0/s1. The summed E-state index contributed by atoms with van der Waals surface area (Å²) in [4.78, 5) is 22.9. The van der Waals surface area contributed by atoms with Gasteiger partial charge in [0.25, 0.3) is 0 Å². The zero-order valence-electron chi connectivity index (χ0n) is 12.2. The predicted octanol–water partition coefficient (Wildman–Crippen LogP) is 1.30. The number of para-hydroxylation sites is 1. The SMILES string of the molecule is O=C(NCC1CCOc2ccccc21)[C@@H]1CC[C@H](C(=O)O)O1. The number of ether oxygens (including phenoxy) is 2. The molecular formula is C16H19NO5. The molecule has 3 rings (SSSR count). The van der Waals surface area contributed by atoms with Crippen LogP contribution in [0.1, 0.15) is 30.7 Å². The number of amides is 1. The Kier molecular flexibility index (Phi) is 4.29. The topological polar surface area (TPSA) is 84.9 Å². The highest BCUT2D eigenvalue weighted by molar-refractivity contribution is 5.82. The Bertz CT molecular complexity index is 573. The molecule has 2 N–H and O–H groups in total. The van der Waals surface area contributed by atoms with Crippen molar-refractivity contribution in [3.05, 3.63) is 29.8 Å². The number of aliphatic carboxylic acids is 1. The van der Waals surface area contributed by atoms with Crippen molar-refractivity contribution in [2.75, 3.05) is 13.2 Å². The van der Waals surface area contributed by atoms with Crippen LogP contribution >= 0.6 is 0 Å². The van der Waals surface area contributed by atoms with Crippen LogP contribution in [0.3, 0.4) is 0 Å². The van der Waals surface area contributed by atoms with E-state index in [-0.39, 0.29) is 11.8 Å². The molecule has 1 fully saturated rings. The minimum absolute atomic E-state index is 0.213. The summed E-state index contributed by atoms with van der Waals surface area (Å²) < 4.78 is 10.9. The number of hydrogen-bond donors (Lipinski definition) is 2. The molecule has 2 aliphatic heterocycles. The second-order valence-corrected chi connectivity index (χ2v) is 5.65. The fourth-order valence-corrected chi connectivity index (χ4v) is 2.98. The Morgan fingerprint density at radius 1 is 1.18 bits per heavy atom. The van der Waals surface area contributed by atoms with Gasteiger partial charge in [0, 0.05) is 12.5 Å². The summed E-state index contributed by atoms with van der Waals surface area (Å²) in [5, 5.41) is 11.8. The van der Waals surface area contributed by atoms with Crippen molar-refractivity contribution in [1.82, 2.24) is 5.32 Å². The smallest absolute Gasteiger partial charge is 0.332 e. The lowest BCUT2D eigenvalue weighted by Crippen LogP contribution is -2.38. The highest BCUT2D eigenvalue weighted by atomic mass is 16.5. The van der Waals surface area contributed by atoms with Gasteiger partial charge in [0.1, 0.15) is 11.9 Å². The normalized spacial score (nSPS) is 26.8. The Labute approximate surface area is 128 Å². The van der Waals surface area contributed by atoms with Gasteiger partial charge in [0.15, 0.2) is 6.10 Å². The van der Waals surface area contributed by atoms with Gasteiger partial charge in [0.2, 0.25) is 5.91 Å². The van der Waals surface area contributed by atoms with E-state index >= 15 is 0 Å². The molecule has 2 aliphatic rings. The van der Waals surface area contributed by atoms with E-state index in [1.54, 1.807) is 0 Å². The number of rotatable bonds is 4. The number of carbonyl (C=O) groups excluding carboxylic acids is 1. The quantitative estimate of drug-likeness (QED) is 0.876. The monoisotopic (exact) mass is 305 g/mol. The Balaban J connectivity index is 1.55. The Hall–Kier alpha value is -2.08. The molecule has 1 aromatic carbocycles. The molecule has 1 aromatic rings. The van der Waals surface area contributed by atoms with E-state index < -0.39 is 18.2 Å². The average Bonchev–Trinajstić information content (AvgIpc) is 3.03. The minimum Gasteiger partial charge on any atom is -0.493 e. The van der Waals surface area contributed by atoms with E-state index in [2.05, 4.69) is 5.32 Å². The highest BCUT2D eigenvalue weighted by Gasteiger charge is 2.35. The van der Waals surface area contributed by atoms with Crippen molar-refractivity contribution < 1.29 is 24.2 Å². The number of carboxylic acids is 1. The van der Waals surface area contributed by atoms with Crippen LogP contribution in [0.15, 0.2) is 24.3 Å². The lowest BCUT2D eigenvalue weighted by Gasteiger charge is -2.26. The van der Waals surface area contributed by atoms with Gasteiger partial charge in [-0.3, -0.25) is 4.79 Å². The number of fused-ring (bicyclic) bond motifs is 1. The first-order chi connectivity index (χ1) is 10.6. The lowest BCUT2D eigenvalue weighted by molar-refractivity contribution is -0.151. The van der Waals surface area contributed by atoms with Crippen molar-refractivity contribution in [2.45, 2.75) is 37.4 Å². The molecule has 6 nitrogen and oxygen atoms in total. The minimum atomic E-state index is -1.01. The molecular weight excluding hydrogens is 286 g/mol. The molecule has 0 spiro atoms. The summed E-state index contributed by atoms with van der Waals surface area (Å²) in [6, 6.07) is 7.83. The van der Waals surface area contributed by atoms with Crippen LogP contribution in [0.2, 0.25) is 0 Å². The lowest BCUT2D eigenvalue weighted by atomic mass is 9.93. The summed E-state index contributed by atoms with van der Waals surface area (Å²) >= 11 is 0. The molecule has 22 heavy (non-hydrogen) atoms. The second kappa shape index (κ2) is 6.36. The van der Waals surface area contributed by atoms with Crippen molar-refractivity contribution in [1.29, 1.82) is 0 Å². The van der Waals surface area contributed by atoms with Gasteiger partial charge in [-0.25, -0.2) is 4.79 Å². The fraction of sp³-hybridized carbons (Fsp3) is 0.500. The van der Waals surface area contributed by atoms with Gasteiger partial charge in [-0.2, -0.15) is 0 Å². The molecule has 0 radical (unpaired) electrons. The molecule has 1 amide bonds. The van der Waals surface area contributed by atoms with Crippen molar-refractivity contribution in [2.24, 2.45) is 0 Å². The van der Waals surface area contributed by atoms with E-state index in [1.165, 1.54) is 0 Å². The molecule has 1 unspecified atom stereocenters. The van der Waals surface area contributed by atoms with Gasteiger partial charge in [-0.05, 0) is 30.9 Å². The van der Waals surface area contributed by atoms with Crippen LogP contribution in [0, 0.1) is 0 Å². The van der Waals surface area contributed by atoms with E-state index in [1.807, 2.05) is 24.3 Å².